The highest BCUT2D eigenvalue weighted by Gasteiger charge is 2.38. The summed E-state index contributed by atoms with van der Waals surface area (Å²) in [4.78, 5) is 21.9. The molecule has 0 fully saturated rings. The Morgan fingerprint density at radius 2 is 1.84 bits per heavy atom. The maximum absolute atomic E-state index is 10.6. The first kappa shape index (κ1) is 20.4. The monoisotopic (exact) mass is 445 g/mol. The van der Waals surface area contributed by atoms with Crippen molar-refractivity contribution in [3.63, 3.8) is 0 Å². The summed E-state index contributed by atoms with van der Waals surface area (Å²) >= 11 is 1.75. The highest BCUT2D eigenvalue weighted by molar-refractivity contribution is 7.22. The zero-order chi connectivity index (χ0) is 22.3. The van der Waals surface area contributed by atoms with Crippen LogP contribution in [0, 0.1) is 0 Å². The molecule has 7 nitrogen and oxygen atoms in total. The fraction of sp³-hybridized carbons (Fsp3) is 0.0500. The van der Waals surface area contributed by atoms with Crippen LogP contribution in [-0.2, 0) is 4.79 Å². The Labute approximate surface area is 176 Å². The van der Waals surface area contributed by atoms with Crippen molar-refractivity contribution < 1.29 is 23.1 Å². The Bertz CT molecular complexity index is 1410. The quantitative estimate of drug-likeness (QED) is 0.293. The summed E-state index contributed by atoms with van der Waals surface area (Å²) in [5.41, 5.74) is 14.8. The smallest absolute Gasteiger partial charge is 0.475 e. The van der Waals surface area contributed by atoms with Crippen LogP contribution in [0.5, 0.6) is 0 Å². The molecule has 5 aromatic rings. The summed E-state index contributed by atoms with van der Waals surface area (Å²) in [6.45, 7) is 0. The number of aromatic nitrogens is 3. The fourth-order valence-corrected chi connectivity index (χ4v) is 4.29. The number of thiophene rings is 1. The summed E-state index contributed by atoms with van der Waals surface area (Å²) < 4.78 is 33.0. The number of rotatable bonds is 1. The zero-order valence-corrected chi connectivity index (χ0v) is 16.4. The SMILES string of the molecule is Nc1nc(N)c2c(cc(-c3cc4ccccc4s3)c3nccc32)[nH]1.O=C(O)C(F)(F)F. The molecule has 5 rings (SSSR count). The lowest BCUT2D eigenvalue weighted by Gasteiger charge is -2.08. The zero-order valence-electron chi connectivity index (χ0n) is 15.6. The van der Waals surface area contributed by atoms with Crippen molar-refractivity contribution in [2.45, 2.75) is 6.18 Å². The van der Waals surface area contributed by atoms with Crippen LogP contribution in [0.25, 0.3) is 42.3 Å². The van der Waals surface area contributed by atoms with Gasteiger partial charge in [0.2, 0.25) is 0 Å². The van der Waals surface area contributed by atoms with Crippen LogP contribution in [0.2, 0.25) is 0 Å². The van der Waals surface area contributed by atoms with Crippen LogP contribution in [0.1, 0.15) is 0 Å². The van der Waals surface area contributed by atoms with Crippen LogP contribution < -0.4 is 11.5 Å². The summed E-state index contributed by atoms with van der Waals surface area (Å²) in [7, 11) is 0. The van der Waals surface area contributed by atoms with Gasteiger partial charge in [-0.2, -0.15) is 18.2 Å². The maximum Gasteiger partial charge on any atom is 0.490 e. The van der Waals surface area contributed by atoms with Gasteiger partial charge in [-0.05, 0) is 29.7 Å². The number of halogens is 3. The number of H-pyrrole nitrogens is 1. The Hall–Kier alpha value is -3.86. The van der Waals surface area contributed by atoms with Crippen molar-refractivity contribution in [1.82, 2.24) is 15.0 Å². The van der Waals surface area contributed by atoms with Crippen molar-refractivity contribution in [2.24, 2.45) is 0 Å². The van der Waals surface area contributed by atoms with Gasteiger partial charge in [-0.15, -0.1) is 11.3 Å². The first-order chi connectivity index (χ1) is 14.6. The number of hydrogen-bond acceptors (Lipinski definition) is 6. The highest BCUT2D eigenvalue weighted by atomic mass is 32.1. The average molecular weight is 445 g/mol. The number of hydrogen-bond donors (Lipinski definition) is 4. The van der Waals surface area contributed by atoms with E-state index in [-0.39, 0.29) is 0 Å². The molecule has 0 bridgehead atoms. The Kier molecular flexibility index (Phi) is 4.90. The van der Waals surface area contributed by atoms with E-state index >= 15 is 0 Å². The number of carbonyl (C=O) groups is 1. The molecule has 11 heteroatoms. The normalized spacial score (nSPS) is 11.6. The minimum Gasteiger partial charge on any atom is -0.475 e. The summed E-state index contributed by atoms with van der Waals surface area (Å²) in [6, 6.07) is 14.6. The van der Waals surface area contributed by atoms with Crippen LogP contribution in [0.4, 0.5) is 24.9 Å². The third-order valence-electron chi connectivity index (χ3n) is 4.48. The number of nitrogens with zero attached hydrogens (tertiary/aromatic N) is 2. The molecular formula is C20H14F3N5O2S. The first-order valence-corrected chi connectivity index (χ1v) is 9.58. The minimum atomic E-state index is -5.08. The molecule has 3 heterocycles. The number of nitrogens with two attached hydrogens (primary N) is 2. The molecular weight excluding hydrogens is 431 g/mol. The van der Waals surface area contributed by atoms with Gasteiger partial charge in [0.25, 0.3) is 0 Å². The summed E-state index contributed by atoms with van der Waals surface area (Å²) in [6.07, 6.45) is -3.28. The van der Waals surface area contributed by atoms with Crippen LogP contribution in [-0.4, -0.2) is 32.2 Å². The molecule has 0 saturated carbocycles. The van der Waals surface area contributed by atoms with Crippen molar-refractivity contribution in [3.8, 4) is 10.4 Å². The van der Waals surface area contributed by atoms with Gasteiger partial charge in [-0.3, -0.25) is 4.98 Å². The predicted octanol–water partition coefficient (Wildman–Crippen LogP) is 4.79. The molecule has 2 aromatic carbocycles. The number of alkyl halides is 3. The lowest BCUT2D eigenvalue weighted by atomic mass is 10.0. The van der Waals surface area contributed by atoms with E-state index in [0.717, 1.165) is 27.4 Å². The molecule has 0 amide bonds. The standard InChI is InChI=1S/C18H13N5S.C2HF3O2/c19-17-15-10-5-6-21-16(10)11(8-12(15)22-18(20)23-17)14-7-9-3-1-2-4-13(9)24-14;3-2(4,5)1(6)7/h1-8H,19H2,(H3,20,22,23);(H,6,7). The van der Waals surface area contributed by atoms with E-state index in [9.17, 15) is 13.2 Å². The second-order valence-electron chi connectivity index (χ2n) is 6.51. The van der Waals surface area contributed by atoms with Gasteiger partial charge in [0, 0.05) is 32.1 Å². The molecule has 0 atom stereocenters. The van der Waals surface area contributed by atoms with E-state index in [2.05, 4.69) is 51.4 Å². The second-order valence-corrected chi connectivity index (χ2v) is 7.60. The van der Waals surface area contributed by atoms with Crippen LogP contribution in [0.3, 0.4) is 0 Å². The van der Waals surface area contributed by atoms with E-state index in [0.29, 0.717) is 11.8 Å². The topological polar surface area (TPSA) is 131 Å². The number of nitrogens with one attached hydrogen (secondary N) is 1. The van der Waals surface area contributed by atoms with E-state index in [4.69, 9.17) is 21.4 Å². The van der Waals surface area contributed by atoms with Gasteiger partial charge < -0.3 is 21.6 Å². The number of aliphatic carboxylic acids is 1. The maximum atomic E-state index is 10.6. The third kappa shape index (κ3) is 3.82. The molecule has 0 unspecified atom stereocenters. The molecule has 0 radical (unpaired) electrons. The Morgan fingerprint density at radius 3 is 2.52 bits per heavy atom. The van der Waals surface area contributed by atoms with Gasteiger partial charge in [0.15, 0.2) is 5.95 Å². The number of nitrogen functional groups attached to an aromatic ring is 2. The Morgan fingerprint density at radius 1 is 1.13 bits per heavy atom. The number of carboxylic acid groups (broad SMARTS) is 1. The van der Waals surface area contributed by atoms with Crippen LogP contribution in [0.15, 0.2) is 48.7 Å². The number of fused-ring (bicyclic) bond motifs is 4. The number of benzene rings is 2. The molecule has 31 heavy (non-hydrogen) atoms. The van der Waals surface area contributed by atoms with E-state index in [1.165, 1.54) is 15.0 Å². The molecule has 6 N–H and O–H groups in total. The average Bonchev–Trinajstić information content (AvgIpc) is 3.33. The predicted molar refractivity (Wildman–Crippen MR) is 115 cm³/mol. The van der Waals surface area contributed by atoms with Crippen molar-refractivity contribution in [1.29, 1.82) is 0 Å². The third-order valence-corrected chi connectivity index (χ3v) is 5.63. The largest absolute Gasteiger partial charge is 0.490 e. The molecule has 0 aliphatic heterocycles. The fourth-order valence-electron chi connectivity index (χ4n) is 3.21. The van der Waals surface area contributed by atoms with E-state index in [1.54, 1.807) is 17.5 Å². The molecule has 0 saturated heterocycles. The van der Waals surface area contributed by atoms with Crippen molar-refractivity contribution in [3.05, 3.63) is 48.7 Å². The number of aromatic amines is 1. The van der Waals surface area contributed by atoms with Gasteiger partial charge in [0.1, 0.15) is 5.82 Å². The molecule has 0 spiro atoms. The summed E-state index contributed by atoms with van der Waals surface area (Å²) in [5, 5.41) is 10.2. The van der Waals surface area contributed by atoms with Gasteiger partial charge >= 0.3 is 12.1 Å². The molecule has 0 aliphatic carbocycles. The van der Waals surface area contributed by atoms with Crippen LogP contribution >= 0.6 is 11.3 Å². The van der Waals surface area contributed by atoms with Gasteiger partial charge in [-0.1, -0.05) is 18.2 Å². The Balaban J connectivity index is 0.000000289. The van der Waals surface area contributed by atoms with Crippen molar-refractivity contribution in [2.75, 3.05) is 11.5 Å². The van der Waals surface area contributed by atoms with E-state index in [1.807, 2.05) is 6.07 Å². The van der Waals surface area contributed by atoms with Gasteiger partial charge in [0.05, 0.1) is 11.0 Å². The highest BCUT2D eigenvalue weighted by Crippen LogP contribution is 2.40. The van der Waals surface area contributed by atoms with E-state index < -0.39 is 12.1 Å². The molecule has 0 aliphatic rings. The first-order valence-electron chi connectivity index (χ1n) is 8.76. The minimum absolute atomic E-state index is 0.307. The van der Waals surface area contributed by atoms with Gasteiger partial charge in [-0.25, -0.2) is 4.79 Å². The number of anilines is 2. The molecule has 158 valence electrons. The molecule has 3 aromatic heterocycles. The summed E-state index contributed by atoms with van der Waals surface area (Å²) in [5.74, 6) is -2.03. The lowest BCUT2D eigenvalue weighted by molar-refractivity contribution is -0.192. The van der Waals surface area contributed by atoms with Crippen molar-refractivity contribution >= 4 is 61.0 Å². The second kappa shape index (κ2) is 7.43. The lowest BCUT2D eigenvalue weighted by Crippen LogP contribution is -2.21. The number of carboxylic acids is 1.